The number of hydrogen-bond acceptors (Lipinski definition) is 3. The monoisotopic (exact) mass is 303 g/mol. The Morgan fingerprint density at radius 1 is 1.16 bits per heavy atom. The van der Waals surface area contributed by atoms with E-state index in [1.807, 2.05) is 13.8 Å². The van der Waals surface area contributed by atoms with Gasteiger partial charge in [-0.3, -0.25) is 4.79 Å². The summed E-state index contributed by atoms with van der Waals surface area (Å²) in [5, 5.41) is 3.32. The fraction of sp³-hybridized carbons (Fsp3) is 0.385. The number of hydrogen-bond donors (Lipinski definition) is 1. The summed E-state index contributed by atoms with van der Waals surface area (Å²) in [6, 6.07) is 3.78. The Labute approximate surface area is 122 Å². The van der Waals surface area contributed by atoms with Gasteiger partial charge in [-0.25, -0.2) is 4.79 Å². The second-order valence-electron chi connectivity index (χ2n) is 4.38. The molecule has 0 fully saturated rings. The van der Waals surface area contributed by atoms with Crippen molar-refractivity contribution in [2.24, 2.45) is 5.92 Å². The molecule has 0 saturated heterocycles. The molecule has 1 amide bonds. The fourth-order valence-corrected chi connectivity index (χ4v) is 2.06. The molecule has 0 aliphatic carbocycles. The Hall–Kier alpha value is -1.26. The number of amides is 1. The molecule has 1 atom stereocenters. The van der Waals surface area contributed by atoms with E-state index in [9.17, 15) is 9.59 Å². The van der Waals surface area contributed by atoms with Crippen LogP contribution in [-0.2, 0) is 9.53 Å². The summed E-state index contributed by atoms with van der Waals surface area (Å²) in [7, 11) is 1.28. The van der Waals surface area contributed by atoms with Gasteiger partial charge in [-0.05, 0) is 24.1 Å². The zero-order valence-electron chi connectivity index (χ0n) is 10.9. The second kappa shape index (κ2) is 6.78. The summed E-state index contributed by atoms with van der Waals surface area (Å²) in [5.41, 5.74) is 0.298. The Morgan fingerprint density at radius 2 is 1.68 bits per heavy atom. The van der Waals surface area contributed by atoms with Crippen molar-refractivity contribution in [2.75, 3.05) is 7.11 Å². The quantitative estimate of drug-likeness (QED) is 0.870. The topological polar surface area (TPSA) is 55.4 Å². The maximum absolute atomic E-state index is 12.0. The van der Waals surface area contributed by atoms with E-state index >= 15 is 0 Å². The van der Waals surface area contributed by atoms with E-state index in [0.717, 1.165) is 0 Å². The molecule has 1 aromatic carbocycles. The number of esters is 1. The summed E-state index contributed by atoms with van der Waals surface area (Å²) in [6.07, 6.45) is 0. The van der Waals surface area contributed by atoms with Gasteiger partial charge >= 0.3 is 5.97 Å². The lowest BCUT2D eigenvalue weighted by molar-refractivity contribution is -0.144. The van der Waals surface area contributed by atoms with Crippen LogP contribution in [0.3, 0.4) is 0 Å². The highest BCUT2D eigenvalue weighted by Crippen LogP contribution is 2.19. The van der Waals surface area contributed by atoms with Crippen molar-refractivity contribution in [1.29, 1.82) is 0 Å². The van der Waals surface area contributed by atoms with Crippen LogP contribution in [0.5, 0.6) is 0 Å². The number of ether oxygens (including phenoxy) is 1. The van der Waals surface area contributed by atoms with E-state index in [4.69, 9.17) is 23.2 Å². The molecule has 0 aromatic heterocycles. The van der Waals surface area contributed by atoms with Crippen LogP contribution >= 0.6 is 23.2 Å². The van der Waals surface area contributed by atoms with Crippen molar-refractivity contribution in [1.82, 2.24) is 5.32 Å². The summed E-state index contributed by atoms with van der Waals surface area (Å²) >= 11 is 11.7. The predicted octanol–water partition coefficient (Wildman–Crippen LogP) is 2.92. The summed E-state index contributed by atoms with van der Waals surface area (Å²) in [6.45, 7) is 3.62. The number of benzene rings is 1. The van der Waals surface area contributed by atoms with Gasteiger partial charge in [0.15, 0.2) is 0 Å². The first-order valence-corrected chi connectivity index (χ1v) is 6.45. The molecule has 1 aromatic rings. The Bertz CT molecular complexity index is 469. The highest BCUT2D eigenvalue weighted by Gasteiger charge is 2.25. The van der Waals surface area contributed by atoms with Crippen LogP contribution in [0.4, 0.5) is 0 Å². The molecular formula is C13H15Cl2NO3. The smallest absolute Gasteiger partial charge is 0.328 e. The van der Waals surface area contributed by atoms with E-state index in [1.165, 1.54) is 25.3 Å². The summed E-state index contributed by atoms with van der Waals surface area (Å²) in [5.74, 6) is -1.00. The highest BCUT2D eigenvalue weighted by atomic mass is 35.5. The van der Waals surface area contributed by atoms with Crippen molar-refractivity contribution < 1.29 is 14.3 Å². The third-order valence-corrected chi connectivity index (χ3v) is 2.97. The maximum Gasteiger partial charge on any atom is 0.328 e. The molecule has 0 bridgehead atoms. The number of carbonyl (C=O) groups is 2. The van der Waals surface area contributed by atoms with Crippen LogP contribution in [0.1, 0.15) is 24.2 Å². The Morgan fingerprint density at radius 3 is 2.11 bits per heavy atom. The molecule has 0 heterocycles. The average molecular weight is 304 g/mol. The number of nitrogens with one attached hydrogen (secondary N) is 1. The molecule has 4 nitrogen and oxygen atoms in total. The molecule has 19 heavy (non-hydrogen) atoms. The van der Waals surface area contributed by atoms with Crippen LogP contribution in [0.25, 0.3) is 0 Å². The standard InChI is InChI=1S/C13H15Cl2NO3/c1-7(2)11(13(18)19-3)16-12(17)8-4-9(14)6-10(15)5-8/h4-7,11H,1-3H3,(H,16,17). The zero-order valence-corrected chi connectivity index (χ0v) is 12.4. The third kappa shape index (κ3) is 4.40. The Balaban J connectivity index is 2.90. The van der Waals surface area contributed by atoms with Crippen LogP contribution in [0, 0.1) is 5.92 Å². The fourth-order valence-electron chi connectivity index (χ4n) is 1.53. The molecule has 6 heteroatoms. The number of methoxy groups -OCH3 is 1. The third-order valence-electron chi connectivity index (χ3n) is 2.53. The normalized spacial score (nSPS) is 12.1. The maximum atomic E-state index is 12.0. The van der Waals surface area contributed by atoms with E-state index in [1.54, 1.807) is 0 Å². The van der Waals surface area contributed by atoms with Gasteiger partial charge in [-0.1, -0.05) is 37.0 Å². The summed E-state index contributed by atoms with van der Waals surface area (Å²) in [4.78, 5) is 23.6. The van der Waals surface area contributed by atoms with Crippen LogP contribution < -0.4 is 5.32 Å². The van der Waals surface area contributed by atoms with Gasteiger partial charge in [0.1, 0.15) is 6.04 Å². The zero-order chi connectivity index (χ0) is 14.6. The lowest BCUT2D eigenvalue weighted by Gasteiger charge is -2.19. The minimum atomic E-state index is -0.713. The van der Waals surface area contributed by atoms with Crippen molar-refractivity contribution in [2.45, 2.75) is 19.9 Å². The van der Waals surface area contributed by atoms with Gasteiger partial charge in [-0.15, -0.1) is 0 Å². The second-order valence-corrected chi connectivity index (χ2v) is 5.25. The molecule has 0 saturated carbocycles. The van der Waals surface area contributed by atoms with E-state index < -0.39 is 17.9 Å². The first-order valence-electron chi connectivity index (χ1n) is 5.70. The minimum absolute atomic E-state index is 0.0916. The van der Waals surface area contributed by atoms with Gasteiger partial charge in [0, 0.05) is 15.6 Å². The van der Waals surface area contributed by atoms with E-state index in [-0.39, 0.29) is 5.92 Å². The molecule has 0 aliphatic heterocycles. The van der Waals surface area contributed by atoms with Crippen LogP contribution in [0.15, 0.2) is 18.2 Å². The largest absolute Gasteiger partial charge is 0.467 e. The number of carbonyl (C=O) groups excluding carboxylic acids is 2. The SMILES string of the molecule is COC(=O)C(NC(=O)c1cc(Cl)cc(Cl)c1)C(C)C. The molecule has 0 aliphatic rings. The Kier molecular flexibility index (Phi) is 5.63. The molecule has 1 rings (SSSR count). The molecular weight excluding hydrogens is 289 g/mol. The van der Waals surface area contributed by atoms with Crippen molar-refractivity contribution >= 4 is 35.1 Å². The van der Waals surface area contributed by atoms with Crippen LogP contribution in [0.2, 0.25) is 10.0 Å². The molecule has 1 unspecified atom stereocenters. The lowest BCUT2D eigenvalue weighted by atomic mass is 10.0. The van der Waals surface area contributed by atoms with Gasteiger partial charge in [0.05, 0.1) is 7.11 Å². The molecule has 0 radical (unpaired) electrons. The van der Waals surface area contributed by atoms with Gasteiger partial charge in [-0.2, -0.15) is 0 Å². The minimum Gasteiger partial charge on any atom is -0.467 e. The van der Waals surface area contributed by atoms with Gasteiger partial charge in [0.25, 0.3) is 5.91 Å². The average Bonchev–Trinajstić information content (AvgIpc) is 2.33. The first kappa shape index (κ1) is 15.8. The van der Waals surface area contributed by atoms with Gasteiger partial charge < -0.3 is 10.1 Å². The van der Waals surface area contributed by atoms with Gasteiger partial charge in [0.2, 0.25) is 0 Å². The highest BCUT2D eigenvalue weighted by molar-refractivity contribution is 6.35. The van der Waals surface area contributed by atoms with Crippen molar-refractivity contribution in [3.8, 4) is 0 Å². The lowest BCUT2D eigenvalue weighted by Crippen LogP contribution is -2.45. The van der Waals surface area contributed by atoms with Crippen molar-refractivity contribution in [3.05, 3.63) is 33.8 Å². The molecule has 1 N–H and O–H groups in total. The predicted molar refractivity (Wildman–Crippen MR) is 74.6 cm³/mol. The van der Waals surface area contributed by atoms with Crippen molar-refractivity contribution in [3.63, 3.8) is 0 Å². The van der Waals surface area contributed by atoms with Crippen LogP contribution in [-0.4, -0.2) is 25.0 Å². The number of rotatable bonds is 4. The summed E-state index contributed by atoms with van der Waals surface area (Å²) < 4.78 is 4.65. The molecule has 104 valence electrons. The molecule has 0 spiro atoms. The van der Waals surface area contributed by atoms with E-state index in [2.05, 4.69) is 10.1 Å². The first-order chi connectivity index (χ1) is 8.85. The van der Waals surface area contributed by atoms with E-state index in [0.29, 0.717) is 15.6 Å². The number of halogens is 2.